The van der Waals surface area contributed by atoms with Gasteiger partial charge in [-0.05, 0) is 77.5 Å². The third-order valence-corrected chi connectivity index (χ3v) is 9.84. The van der Waals surface area contributed by atoms with Gasteiger partial charge in [-0.1, -0.05) is 13.8 Å². The fourth-order valence-corrected chi connectivity index (χ4v) is 6.78. The first-order valence-electron chi connectivity index (χ1n) is 18.9. The van der Waals surface area contributed by atoms with Crippen LogP contribution in [0.3, 0.4) is 0 Å². The van der Waals surface area contributed by atoms with E-state index in [-0.39, 0.29) is 24.0 Å². The fraction of sp³-hybridized carbons (Fsp3) is 0.487. The number of fused-ring (bicyclic) bond motifs is 1. The molecular weight excluding hydrogens is 739 g/mol. The lowest BCUT2D eigenvalue weighted by Crippen LogP contribution is -2.44. The molecule has 0 bridgehead atoms. The summed E-state index contributed by atoms with van der Waals surface area (Å²) in [7, 11) is 0. The minimum Gasteiger partial charge on any atom is -0.470 e. The summed E-state index contributed by atoms with van der Waals surface area (Å²) in [4.78, 5) is 59.6. The molecule has 4 heterocycles. The number of morpholine rings is 1. The molecule has 2 aliphatic heterocycles. The number of nitrogens with one attached hydrogen (secondary N) is 5. The fourth-order valence-electron chi connectivity index (χ4n) is 6.26. The molecule has 0 radical (unpaired) electrons. The third kappa shape index (κ3) is 11.2. The van der Waals surface area contributed by atoms with E-state index in [1.807, 2.05) is 39.5 Å². The number of ether oxygens (including phenoxy) is 3. The Bertz CT molecular complexity index is 1940. The molecule has 3 aromatic rings. The van der Waals surface area contributed by atoms with Gasteiger partial charge in [0.1, 0.15) is 12.7 Å². The van der Waals surface area contributed by atoms with E-state index in [9.17, 15) is 19.2 Å². The number of carbonyl (C=O) groups is 4. The molecule has 302 valence electrons. The first-order valence-corrected chi connectivity index (χ1v) is 19.6. The Morgan fingerprint density at radius 1 is 1.11 bits per heavy atom. The Labute approximate surface area is 331 Å². The van der Waals surface area contributed by atoms with Gasteiger partial charge in [0.25, 0.3) is 17.7 Å². The number of amides is 3. The van der Waals surface area contributed by atoms with Crippen LogP contribution in [0.1, 0.15) is 67.5 Å². The van der Waals surface area contributed by atoms with Gasteiger partial charge in [0.15, 0.2) is 0 Å². The zero-order chi connectivity index (χ0) is 40.4. The highest BCUT2D eigenvalue weighted by atomic mass is 32.1. The zero-order valence-corrected chi connectivity index (χ0v) is 34.0. The quantitative estimate of drug-likeness (QED) is 0.0985. The van der Waals surface area contributed by atoms with Crippen LogP contribution < -0.4 is 30.9 Å². The molecule has 2 aromatic heterocycles. The van der Waals surface area contributed by atoms with Crippen molar-refractivity contribution in [2.45, 2.75) is 60.1 Å². The van der Waals surface area contributed by atoms with E-state index in [0.717, 1.165) is 49.1 Å². The van der Waals surface area contributed by atoms with Crippen molar-refractivity contribution >= 4 is 64.3 Å². The number of aromatic nitrogens is 3. The van der Waals surface area contributed by atoms with E-state index in [1.165, 1.54) is 0 Å². The maximum absolute atomic E-state index is 13.1. The summed E-state index contributed by atoms with van der Waals surface area (Å²) in [5.74, 6) is -0.796. The van der Waals surface area contributed by atoms with Gasteiger partial charge in [0.2, 0.25) is 11.7 Å². The lowest BCUT2D eigenvalue weighted by molar-refractivity contribution is -0.144. The van der Waals surface area contributed by atoms with Gasteiger partial charge < -0.3 is 50.3 Å². The second-order valence-electron chi connectivity index (χ2n) is 14.5. The van der Waals surface area contributed by atoms with Crippen molar-refractivity contribution in [2.24, 2.45) is 0 Å². The number of anilines is 3. The molecule has 56 heavy (non-hydrogen) atoms. The first-order chi connectivity index (χ1) is 26.8. The van der Waals surface area contributed by atoms with Crippen molar-refractivity contribution in [2.75, 3.05) is 81.2 Å². The van der Waals surface area contributed by atoms with E-state index in [0.29, 0.717) is 90.6 Å². The minimum atomic E-state index is -0.725. The van der Waals surface area contributed by atoms with E-state index in [2.05, 4.69) is 53.7 Å². The molecule has 0 aliphatic carbocycles. The van der Waals surface area contributed by atoms with Crippen LogP contribution in [-0.4, -0.2) is 120 Å². The first kappa shape index (κ1) is 42.1. The molecule has 2 aliphatic rings. The number of H-pyrrole nitrogens is 1. The van der Waals surface area contributed by atoms with Gasteiger partial charge in [-0.15, -0.1) is 4.37 Å². The highest BCUT2D eigenvalue weighted by Crippen LogP contribution is 2.36. The normalized spacial score (nSPS) is 15.6. The van der Waals surface area contributed by atoms with Gasteiger partial charge in [-0.2, -0.15) is 4.37 Å². The highest BCUT2D eigenvalue weighted by Gasteiger charge is 2.27. The van der Waals surface area contributed by atoms with Crippen molar-refractivity contribution in [3.05, 3.63) is 58.4 Å². The Balaban J connectivity index is 1.21. The second kappa shape index (κ2) is 19.2. The summed E-state index contributed by atoms with van der Waals surface area (Å²) in [6, 6.07) is 5.03. The van der Waals surface area contributed by atoms with Gasteiger partial charge in [0, 0.05) is 78.7 Å². The van der Waals surface area contributed by atoms with Crippen molar-refractivity contribution < 1.29 is 33.4 Å². The van der Waals surface area contributed by atoms with E-state index in [4.69, 9.17) is 14.2 Å². The number of likely N-dealkylation sites (N-methyl/N-ethyl adjacent to an activating group) is 1. The van der Waals surface area contributed by atoms with Gasteiger partial charge in [0.05, 0.1) is 36.1 Å². The zero-order valence-electron chi connectivity index (χ0n) is 33.2. The molecule has 0 unspecified atom stereocenters. The summed E-state index contributed by atoms with van der Waals surface area (Å²) >= 11 is 1.04. The number of aryl methyl sites for hydroxylation is 1. The van der Waals surface area contributed by atoms with Crippen LogP contribution in [0.5, 0.6) is 5.88 Å². The number of rotatable bonds is 17. The van der Waals surface area contributed by atoms with Crippen LogP contribution in [0.2, 0.25) is 0 Å². The van der Waals surface area contributed by atoms with E-state index < -0.39 is 18.0 Å². The molecular formula is C39H53N9O7S. The Hall–Kier alpha value is -5.10. The lowest BCUT2D eigenvalue weighted by atomic mass is 10.0. The van der Waals surface area contributed by atoms with Crippen molar-refractivity contribution in [3.63, 3.8) is 0 Å². The molecule has 1 aromatic carbocycles. The summed E-state index contributed by atoms with van der Waals surface area (Å²) in [5.41, 5.74) is 4.28. The Kier molecular flexibility index (Phi) is 14.4. The minimum absolute atomic E-state index is 0.0163. The van der Waals surface area contributed by atoms with E-state index in [1.54, 1.807) is 24.3 Å². The molecule has 1 atom stereocenters. The van der Waals surface area contributed by atoms with Crippen molar-refractivity contribution in [1.29, 1.82) is 0 Å². The number of aromatic amines is 1. The molecule has 16 nitrogen and oxygen atoms in total. The van der Waals surface area contributed by atoms with Crippen molar-refractivity contribution in [1.82, 2.24) is 29.3 Å². The highest BCUT2D eigenvalue weighted by molar-refractivity contribution is 6.99. The molecule has 0 spiro atoms. The van der Waals surface area contributed by atoms with Crippen LogP contribution in [-0.2, 0) is 23.9 Å². The monoisotopic (exact) mass is 791 g/mol. The topological polar surface area (TPSA) is 192 Å². The number of carbonyl (C=O) groups excluding carboxylic acids is 4. The predicted octanol–water partition coefficient (Wildman–Crippen LogP) is 3.76. The average molecular weight is 792 g/mol. The summed E-state index contributed by atoms with van der Waals surface area (Å²) in [6.07, 6.45) is 3.16. The van der Waals surface area contributed by atoms with Crippen LogP contribution in [0.4, 0.5) is 17.2 Å². The smallest absolute Gasteiger partial charge is 0.331 e. The number of esters is 1. The maximum Gasteiger partial charge on any atom is 0.331 e. The lowest BCUT2D eigenvalue weighted by Gasteiger charge is -2.27. The molecule has 5 N–H and O–H groups in total. The molecule has 1 saturated heterocycles. The summed E-state index contributed by atoms with van der Waals surface area (Å²) in [6.45, 7) is 19.7. The Morgan fingerprint density at radius 2 is 1.86 bits per heavy atom. The molecule has 3 amide bonds. The van der Waals surface area contributed by atoms with Crippen LogP contribution in [0.15, 0.2) is 30.4 Å². The third-order valence-electron chi connectivity index (χ3n) is 9.34. The Morgan fingerprint density at radius 3 is 2.57 bits per heavy atom. The second-order valence-corrected chi connectivity index (χ2v) is 15.1. The number of hydrogen-bond donors (Lipinski definition) is 5. The van der Waals surface area contributed by atoms with Gasteiger partial charge in [-0.3, -0.25) is 14.4 Å². The van der Waals surface area contributed by atoms with Gasteiger partial charge in [-0.25, -0.2) is 4.79 Å². The summed E-state index contributed by atoms with van der Waals surface area (Å²) in [5, 5.41) is 11.9. The summed E-state index contributed by atoms with van der Waals surface area (Å²) < 4.78 is 25.8. The number of hydrogen-bond acceptors (Lipinski definition) is 13. The number of benzene rings is 1. The molecule has 1 fully saturated rings. The van der Waals surface area contributed by atoms with E-state index >= 15 is 0 Å². The standard InChI is InChI=1S/C39H53N9O7S/c1-8-47(9-2)15-14-40-37(52)34-24(3)31(42-25(34)4)21-29-28-20-26(10-11-30(28)44-36(29)51)43-32(49)12-13-33(50)55-27(22-41-39(5,6)7)23-54-38-35(45-56-46-38)48-16-18-53-19-17-48/h10-13,20-21,27,41-42H,8-9,14-19,22-23H2,1-7H3,(H,40,52)(H,43,49)(H,44,51)/b13-12-,29-21-/t27-/m0/s1. The maximum atomic E-state index is 13.1. The van der Waals surface area contributed by atoms with Crippen LogP contribution >= 0.6 is 11.7 Å². The van der Waals surface area contributed by atoms with Crippen LogP contribution in [0.25, 0.3) is 11.6 Å². The van der Waals surface area contributed by atoms with Crippen LogP contribution in [0, 0.1) is 13.8 Å². The SMILES string of the molecule is CCN(CC)CCNC(=O)c1c(C)[nH]c(/C=C2\C(=O)Nc3ccc(NC(=O)/C=C\C(=O)O[C@@H](CNC(C)(C)C)COc4nsnc4N4CCOCC4)cc32)c1C. The largest absolute Gasteiger partial charge is 0.470 e. The predicted molar refractivity (Wildman–Crippen MR) is 217 cm³/mol. The average Bonchev–Trinajstić information content (AvgIpc) is 3.84. The number of nitrogens with zero attached hydrogens (tertiary/aromatic N) is 4. The molecule has 17 heteroatoms. The van der Waals surface area contributed by atoms with Crippen molar-refractivity contribution in [3.8, 4) is 5.88 Å². The molecule has 5 rings (SSSR count). The molecule has 0 saturated carbocycles. The van der Waals surface area contributed by atoms with Gasteiger partial charge >= 0.3 is 5.97 Å².